The molecule has 96 valence electrons. The zero-order valence-corrected chi connectivity index (χ0v) is 10.9. The molecule has 0 radical (unpaired) electrons. The fourth-order valence-corrected chi connectivity index (χ4v) is 3.12. The third-order valence-corrected chi connectivity index (χ3v) is 4.00. The van der Waals surface area contributed by atoms with Crippen LogP contribution < -0.4 is 10.2 Å². The Morgan fingerprint density at radius 2 is 2.11 bits per heavy atom. The van der Waals surface area contributed by atoms with Gasteiger partial charge in [0.15, 0.2) is 0 Å². The van der Waals surface area contributed by atoms with E-state index in [0.29, 0.717) is 5.02 Å². The monoisotopic (exact) mass is 265 g/mol. The molecule has 1 aromatic rings. The van der Waals surface area contributed by atoms with E-state index in [2.05, 4.69) is 15.2 Å². The molecule has 1 amide bonds. The van der Waals surface area contributed by atoms with Crippen LogP contribution in [0.4, 0.5) is 11.4 Å². The zero-order chi connectivity index (χ0) is 12.5. The number of pyridine rings is 1. The van der Waals surface area contributed by atoms with E-state index in [1.807, 2.05) is 0 Å². The first-order valence-electron chi connectivity index (χ1n) is 6.48. The van der Waals surface area contributed by atoms with Gasteiger partial charge >= 0.3 is 0 Å². The molecule has 3 heterocycles. The number of halogens is 1. The summed E-state index contributed by atoms with van der Waals surface area (Å²) in [6.45, 7) is 0.898. The van der Waals surface area contributed by atoms with Gasteiger partial charge in [-0.1, -0.05) is 30.9 Å². The maximum absolute atomic E-state index is 12.1. The second-order valence-corrected chi connectivity index (χ2v) is 5.33. The molecule has 1 fully saturated rings. The smallest absolute Gasteiger partial charge is 0.247 e. The van der Waals surface area contributed by atoms with Crippen molar-refractivity contribution >= 4 is 28.9 Å². The van der Waals surface area contributed by atoms with Gasteiger partial charge in [0.1, 0.15) is 6.04 Å². The molecule has 2 aliphatic rings. The number of anilines is 2. The number of carbonyl (C=O) groups excluding carboxylic acids is 1. The van der Waals surface area contributed by atoms with Gasteiger partial charge in [0.05, 0.1) is 22.6 Å². The molecule has 2 aliphatic heterocycles. The van der Waals surface area contributed by atoms with E-state index in [9.17, 15) is 4.79 Å². The Morgan fingerprint density at radius 3 is 3.00 bits per heavy atom. The summed E-state index contributed by atoms with van der Waals surface area (Å²) in [7, 11) is 0. The first kappa shape index (κ1) is 11.8. The molecule has 0 aromatic carbocycles. The van der Waals surface area contributed by atoms with Crippen molar-refractivity contribution in [1.82, 2.24) is 4.98 Å². The van der Waals surface area contributed by atoms with Crippen molar-refractivity contribution in [1.29, 1.82) is 0 Å². The molecule has 1 saturated heterocycles. The summed E-state index contributed by atoms with van der Waals surface area (Å²) in [6.07, 6.45) is 8.89. The number of hydrogen-bond acceptors (Lipinski definition) is 3. The Hall–Kier alpha value is -1.29. The number of nitrogens with zero attached hydrogens (tertiary/aromatic N) is 2. The Balaban J connectivity index is 2.03. The van der Waals surface area contributed by atoms with Gasteiger partial charge in [-0.3, -0.25) is 9.78 Å². The van der Waals surface area contributed by atoms with Gasteiger partial charge in [-0.15, -0.1) is 0 Å². The van der Waals surface area contributed by atoms with Gasteiger partial charge in [0.2, 0.25) is 5.91 Å². The van der Waals surface area contributed by atoms with Crippen LogP contribution in [0.2, 0.25) is 5.02 Å². The maximum atomic E-state index is 12.1. The molecule has 4 nitrogen and oxygen atoms in total. The highest BCUT2D eigenvalue weighted by Crippen LogP contribution is 2.39. The lowest BCUT2D eigenvalue weighted by molar-refractivity contribution is -0.117. The topological polar surface area (TPSA) is 45.2 Å². The molecule has 0 bridgehead atoms. The van der Waals surface area contributed by atoms with Crippen molar-refractivity contribution in [2.24, 2.45) is 0 Å². The number of amides is 1. The van der Waals surface area contributed by atoms with Gasteiger partial charge in [-0.05, 0) is 12.8 Å². The van der Waals surface area contributed by atoms with E-state index >= 15 is 0 Å². The normalized spacial score (nSPS) is 23.5. The second-order valence-electron chi connectivity index (χ2n) is 4.92. The first-order chi connectivity index (χ1) is 8.77. The molecule has 1 unspecified atom stereocenters. The number of carbonyl (C=O) groups is 1. The zero-order valence-electron chi connectivity index (χ0n) is 10.2. The average molecular weight is 266 g/mol. The van der Waals surface area contributed by atoms with Crippen LogP contribution in [0.5, 0.6) is 0 Å². The Bertz CT molecular complexity index is 477. The van der Waals surface area contributed by atoms with Crippen molar-refractivity contribution in [3.63, 3.8) is 0 Å². The summed E-state index contributed by atoms with van der Waals surface area (Å²) >= 11 is 6.25. The van der Waals surface area contributed by atoms with Crippen LogP contribution in [-0.4, -0.2) is 23.5 Å². The minimum absolute atomic E-state index is 0.0716. The van der Waals surface area contributed by atoms with Crippen molar-refractivity contribution in [2.45, 2.75) is 38.1 Å². The van der Waals surface area contributed by atoms with Gasteiger partial charge in [-0.2, -0.15) is 0 Å². The summed E-state index contributed by atoms with van der Waals surface area (Å²) in [5.74, 6) is 0.0773. The fourth-order valence-electron chi connectivity index (χ4n) is 2.85. The van der Waals surface area contributed by atoms with Crippen molar-refractivity contribution in [3.8, 4) is 0 Å². The lowest BCUT2D eigenvalue weighted by atomic mass is 9.98. The van der Waals surface area contributed by atoms with Crippen molar-refractivity contribution < 1.29 is 4.79 Å². The van der Waals surface area contributed by atoms with Crippen LogP contribution in [-0.2, 0) is 4.79 Å². The molecule has 18 heavy (non-hydrogen) atoms. The van der Waals surface area contributed by atoms with Gasteiger partial charge in [-0.25, -0.2) is 0 Å². The third-order valence-electron chi connectivity index (χ3n) is 3.72. The summed E-state index contributed by atoms with van der Waals surface area (Å²) in [5.41, 5.74) is 1.68. The van der Waals surface area contributed by atoms with E-state index in [0.717, 1.165) is 37.2 Å². The predicted molar refractivity (Wildman–Crippen MR) is 72.1 cm³/mol. The standard InChI is InChI=1S/C13H16ClN3O/c14-9-7-15-8-10-12(9)17-6-4-2-1-3-5-11(17)13(18)16-10/h7-8,11H,1-6H2,(H,16,18). The summed E-state index contributed by atoms with van der Waals surface area (Å²) in [5, 5.41) is 3.54. The number of rotatable bonds is 0. The van der Waals surface area contributed by atoms with Crippen molar-refractivity contribution in [2.75, 3.05) is 16.8 Å². The van der Waals surface area contributed by atoms with Crippen LogP contribution in [0.1, 0.15) is 32.1 Å². The third kappa shape index (κ3) is 1.94. The number of hydrogen-bond donors (Lipinski definition) is 1. The summed E-state index contributed by atoms with van der Waals surface area (Å²) in [4.78, 5) is 18.3. The largest absolute Gasteiger partial charge is 0.357 e. The van der Waals surface area contributed by atoms with Gasteiger partial charge in [0, 0.05) is 12.7 Å². The highest BCUT2D eigenvalue weighted by molar-refractivity contribution is 6.34. The molecular formula is C13H16ClN3O. The minimum Gasteiger partial charge on any atom is -0.357 e. The molecule has 5 heteroatoms. The van der Waals surface area contributed by atoms with Crippen LogP contribution >= 0.6 is 11.6 Å². The predicted octanol–water partition coefficient (Wildman–Crippen LogP) is 2.83. The van der Waals surface area contributed by atoms with Gasteiger partial charge in [0.25, 0.3) is 0 Å². The van der Waals surface area contributed by atoms with E-state index in [-0.39, 0.29) is 11.9 Å². The van der Waals surface area contributed by atoms with E-state index in [4.69, 9.17) is 11.6 Å². The molecule has 1 aromatic heterocycles. The molecule has 0 saturated carbocycles. The first-order valence-corrected chi connectivity index (χ1v) is 6.86. The maximum Gasteiger partial charge on any atom is 0.247 e. The Kier molecular flexibility index (Phi) is 3.12. The molecule has 0 aliphatic carbocycles. The van der Waals surface area contributed by atoms with Crippen LogP contribution in [0, 0.1) is 0 Å². The highest BCUT2D eigenvalue weighted by Gasteiger charge is 2.34. The fraction of sp³-hybridized carbons (Fsp3) is 0.538. The average Bonchev–Trinajstić information content (AvgIpc) is 2.30. The van der Waals surface area contributed by atoms with E-state index in [1.54, 1.807) is 12.4 Å². The van der Waals surface area contributed by atoms with Crippen LogP contribution in [0.3, 0.4) is 0 Å². The minimum atomic E-state index is -0.0716. The van der Waals surface area contributed by atoms with Crippen LogP contribution in [0.25, 0.3) is 0 Å². The lowest BCUT2D eigenvalue weighted by Crippen LogP contribution is -2.49. The van der Waals surface area contributed by atoms with Crippen molar-refractivity contribution in [3.05, 3.63) is 17.4 Å². The molecule has 3 rings (SSSR count). The number of aromatic nitrogens is 1. The van der Waals surface area contributed by atoms with Crippen LogP contribution in [0.15, 0.2) is 12.4 Å². The molecular weight excluding hydrogens is 250 g/mol. The Labute approximate surface area is 111 Å². The molecule has 1 atom stereocenters. The Morgan fingerprint density at radius 1 is 1.28 bits per heavy atom. The van der Waals surface area contributed by atoms with Gasteiger partial charge < -0.3 is 10.2 Å². The summed E-state index contributed by atoms with van der Waals surface area (Å²) < 4.78 is 0. The summed E-state index contributed by atoms with van der Waals surface area (Å²) in [6, 6.07) is -0.0716. The molecule has 0 spiro atoms. The quantitative estimate of drug-likeness (QED) is 0.785. The highest BCUT2D eigenvalue weighted by atomic mass is 35.5. The lowest BCUT2D eigenvalue weighted by Gasteiger charge is -2.39. The SMILES string of the molecule is O=C1Nc2cncc(Cl)c2N2CCCCCCC12. The molecule has 1 N–H and O–H groups in total. The number of nitrogens with one attached hydrogen (secondary N) is 1. The number of fused-ring (bicyclic) bond motifs is 3. The van der Waals surface area contributed by atoms with E-state index in [1.165, 1.54) is 12.8 Å². The second kappa shape index (κ2) is 4.76. The van der Waals surface area contributed by atoms with E-state index < -0.39 is 0 Å².